The molecule has 0 aliphatic carbocycles. The maximum atomic E-state index is 4.17. The predicted octanol–water partition coefficient (Wildman–Crippen LogP) is 2.49. The molecule has 0 bridgehead atoms. The van der Waals surface area contributed by atoms with Gasteiger partial charge in [0.05, 0.1) is 0 Å². The molecule has 15 heavy (non-hydrogen) atoms. The molecular weight excluding hydrogens is 184 g/mol. The first kappa shape index (κ1) is 10.6. The van der Waals surface area contributed by atoms with Gasteiger partial charge < -0.3 is 5.32 Å². The third-order valence-corrected chi connectivity index (χ3v) is 3.60. The second kappa shape index (κ2) is 4.75. The van der Waals surface area contributed by atoms with Crippen LogP contribution in [0.25, 0.3) is 0 Å². The quantitative estimate of drug-likeness (QED) is 0.800. The molecule has 2 nitrogen and oxygen atoms in total. The van der Waals surface area contributed by atoms with Crippen LogP contribution in [0.5, 0.6) is 0 Å². The maximum absolute atomic E-state index is 4.17. The van der Waals surface area contributed by atoms with Gasteiger partial charge in [0.1, 0.15) is 0 Å². The van der Waals surface area contributed by atoms with Gasteiger partial charge in [0.15, 0.2) is 0 Å². The highest BCUT2D eigenvalue weighted by Gasteiger charge is 2.25. The molecule has 1 N–H and O–H groups in total. The molecule has 2 heterocycles. The molecule has 1 aliphatic rings. The van der Waals surface area contributed by atoms with Crippen molar-refractivity contribution in [2.45, 2.75) is 32.6 Å². The van der Waals surface area contributed by atoms with Gasteiger partial charge in [-0.05, 0) is 55.5 Å². The molecule has 1 aromatic heterocycles. The monoisotopic (exact) mass is 204 g/mol. The lowest BCUT2D eigenvalue weighted by molar-refractivity contribution is 0.317. The van der Waals surface area contributed by atoms with Crippen molar-refractivity contribution in [3.8, 4) is 0 Å². The van der Waals surface area contributed by atoms with Crippen molar-refractivity contribution >= 4 is 0 Å². The van der Waals surface area contributed by atoms with E-state index >= 15 is 0 Å². The van der Waals surface area contributed by atoms with Gasteiger partial charge in [-0.1, -0.05) is 13.3 Å². The molecule has 1 saturated heterocycles. The number of nitrogens with one attached hydrogen (secondary N) is 1. The Morgan fingerprint density at radius 3 is 3.13 bits per heavy atom. The summed E-state index contributed by atoms with van der Waals surface area (Å²) in [7, 11) is 0. The topological polar surface area (TPSA) is 24.9 Å². The summed E-state index contributed by atoms with van der Waals surface area (Å²) in [6.45, 7) is 6.80. The number of hydrogen-bond donors (Lipinski definition) is 1. The molecule has 1 fully saturated rings. The van der Waals surface area contributed by atoms with Gasteiger partial charge in [-0.15, -0.1) is 0 Å². The molecule has 0 spiro atoms. The van der Waals surface area contributed by atoms with Crippen LogP contribution >= 0.6 is 0 Å². The highest BCUT2D eigenvalue weighted by molar-refractivity contribution is 5.27. The smallest absolute Gasteiger partial charge is 0.0299 e. The summed E-state index contributed by atoms with van der Waals surface area (Å²) in [4.78, 5) is 4.17. The van der Waals surface area contributed by atoms with Crippen LogP contribution in [0.2, 0.25) is 0 Å². The van der Waals surface area contributed by atoms with E-state index in [0.29, 0.717) is 0 Å². The highest BCUT2D eigenvalue weighted by Crippen LogP contribution is 2.33. The fraction of sp³-hybridized carbons (Fsp3) is 0.615. The molecule has 1 aliphatic heterocycles. The first-order valence-corrected chi connectivity index (χ1v) is 5.94. The second-order valence-electron chi connectivity index (χ2n) is 4.50. The third-order valence-electron chi connectivity index (χ3n) is 3.60. The lowest BCUT2D eigenvalue weighted by Crippen LogP contribution is -2.35. The van der Waals surface area contributed by atoms with Crippen molar-refractivity contribution < 1.29 is 0 Å². The van der Waals surface area contributed by atoms with E-state index in [1.54, 1.807) is 0 Å². The van der Waals surface area contributed by atoms with Gasteiger partial charge in [0.25, 0.3) is 0 Å². The van der Waals surface area contributed by atoms with E-state index in [2.05, 4.69) is 30.2 Å². The van der Waals surface area contributed by atoms with Crippen molar-refractivity contribution in [2.75, 3.05) is 13.1 Å². The standard InChI is InChI=1S/C13H20N2/c1-3-11-9-15-7-5-13(11)12-4-6-14-8-10(12)2/h4,6,8,11,13,15H,3,5,7,9H2,1-2H3. The van der Waals surface area contributed by atoms with E-state index < -0.39 is 0 Å². The SMILES string of the molecule is CCC1CNCCC1c1ccncc1C. The van der Waals surface area contributed by atoms with Crippen molar-refractivity contribution in [1.82, 2.24) is 10.3 Å². The molecule has 0 amide bonds. The van der Waals surface area contributed by atoms with Crippen LogP contribution in [0.3, 0.4) is 0 Å². The Balaban J connectivity index is 2.24. The molecule has 2 rings (SSSR count). The summed E-state index contributed by atoms with van der Waals surface area (Å²) in [6, 6.07) is 2.20. The Morgan fingerprint density at radius 1 is 1.53 bits per heavy atom. The van der Waals surface area contributed by atoms with Crippen molar-refractivity contribution in [2.24, 2.45) is 5.92 Å². The fourth-order valence-electron chi connectivity index (χ4n) is 2.66. The van der Waals surface area contributed by atoms with E-state index in [-0.39, 0.29) is 0 Å². The van der Waals surface area contributed by atoms with E-state index in [1.807, 2.05) is 12.4 Å². The van der Waals surface area contributed by atoms with Crippen LogP contribution in [0.4, 0.5) is 0 Å². The van der Waals surface area contributed by atoms with Crippen LogP contribution in [-0.4, -0.2) is 18.1 Å². The van der Waals surface area contributed by atoms with Crippen molar-refractivity contribution in [3.63, 3.8) is 0 Å². The highest BCUT2D eigenvalue weighted by atomic mass is 14.9. The molecule has 2 unspecified atom stereocenters. The lowest BCUT2D eigenvalue weighted by Gasteiger charge is -2.32. The van der Waals surface area contributed by atoms with Gasteiger partial charge in [0.2, 0.25) is 0 Å². The molecule has 2 atom stereocenters. The van der Waals surface area contributed by atoms with Gasteiger partial charge in [-0.2, -0.15) is 0 Å². The van der Waals surface area contributed by atoms with Crippen molar-refractivity contribution in [3.05, 3.63) is 29.6 Å². The number of aryl methyl sites for hydroxylation is 1. The minimum Gasteiger partial charge on any atom is -0.316 e. The van der Waals surface area contributed by atoms with E-state index in [1.165, 1.54) is 30.5 Å². The zero-order valence-corrected chi connectivity index (χ0v) is 9.66. The average Bonchev–Trinajstić information content (AvgIpc) is 2.30. The number of piperidine rings is 1. The van der Waals surface area contributed by atoms with Gasteiger partial charge in [-0.3, -0.25) is 4.98 Å². The Morgan fingerprint density at radius 2 is 2.40 bits per heavy atom. The van der Waals surface area contributed by atoms with E-state index in [0.717, 1.165) is 18.4 Å². The van der Waals surface area contributed by atoms with Crippen LogP contribution in [-0.2, 0) is 0 Å². The summed E-state index contributed by atoms with van der Waals surface area (Å²) in [5.74, 6) is 1.53. The maximum Gasteiger partial charge on any atom is 0.0299 e. The van der Waals surface area contributed by atoms with Crippen LogP contribution < -0.4 is 5.32 Å². The van der Waals surface area contributed by atoms with Crippen molar-refractivity contribution in [1.29, 1.82) is 0 Å². The minimum absolute atomic E-state index is 0.735. The van der Waals surface area contributed by atoms with Crippen LogP contribution in [0.1, 0.15) is 36.8 Å². The van der Waals surface area contributed by atoms with Gasteiger partial charge >= 0.3 is 0 Å². The third kappa shape index (κ3) is 2.20. The molecule has 1 aromatic rings. The summed E-state index contributed by atoms with van der Waals surface area (Å²) >= 11 is 0. The zero-order valence-electron chi connectivity index (χ0n) is 9.66. The minimum atomic E-state index is 0.735. The molecule has 0 radical (unpaired) electrons. The summed E-state index contributed by atoms with van der Waals surface area (Å²) in [6.07, 6.45) is 6.45. The number of nitrogens with zero attached hydrogens (tertiary/aromatic N) is 1. The molecule has 82 valence electrons. The van der Waals surface area contributed by atoms with Crippen LogP contribution in [0.15, 0.2) is 18.5 Å². The Hall–Kier alpha value is -0.890. The molecule has 0 saturated carbocycles. The largest absolute Gasteiger partial charge is 0.316 e. The Bertz CT molecular complexity index is 322. The Kier molecular flexibility index (Phi) is 3.37. The average molecular weight is 204 g/mol. The Labute approximate surface area is 92.1 Å². The molecule has 0 aromatic carbocycles. The van der Waals surface area contributed by atoms with Gasteiger partial charge in [-0.25, -0.2) is 0 Å². The summed E-state index contributed by atoms with van der Waals surface area (Å²) < 4.78 is 0. The fourth-order valence-corrected chi connectivity index (χ4v) is 2.66. The number of pyridine rings is 1. The molecular formula is C13H20N2. The van der Waals surface area contributed by atoms with Crippen LogP contribution in [0, 0.1) is 12.8 Å². The lowest BCUT2D eigenvalue weighted by atomic mass is 9.79. The number of aromatic nitrogens is 1. The van der Waals surface area contributed by atoms with E-state index in [4.69, 9.17) is 0 Å². The summed E-state index contributed by atoms with van der Waals surface area (Å²) in [5, 5.41) is 3.49. The zero-order chi connectivity index (χ0) is 10.7. The normalized spacial score (nSPS) is 26.5. The first-order valence-electron chi connectivity index (χ1n) is 5.94. The van der Waals surface area contributed by atoms with E-state index in [9.17, 15) is 0 Å². The first-order chi connectivity index (χ1) is 7.33. The number of rotatable bonds is 2. The molecule has 2 heteroatoms. The second-order valence-corrected chi connectivity index (χ2v) is 4.50. The van der Waals surface area contributed by atoms with Gasteiger partial charge in [0, 0.05) is 12.4 Å². The summed E-state index contributed by atoms with van der Waals surface area (Å²) in [5.41, 5.74) is 2.86. The number of hydrogen-bond acceptors (Lipinski definition) is 2. The predicted molar refractivity (Wildman–Crippen MR) is 63.0 cm³/mol.